The molecule has 0 radical (unpaired) electrons. The largest absolute Gasteiger partial charge is 0.397 e. The fourth-order valence-corrected chi connectivity index (χ4v) is 6.26. The molecule has 0 aliphatic carbocycles. The van der Waals surface area contributed by atoms with E-state index < -0.39 is 0 Å². The number of methoxy groups -OCH3 is 1. The first kappa shape index (κ1) is 25.8. The number of pyridine rings is 1. The van der Waals surface area contributed by atoms with E-state index in [0.29, 0.717) is 51.6 Å². The van der Waals surface area contributed by atoms with Crippen LogP contribution < -0.4 is 16.4 Å². The predicted octanol–water partition coefficient (Wildman–Crippen LogP) is 5.86. The van der Waals surface area contributed by atoms with Gasteiger partial charge >= 0.3 is 0 Å². The Morgan fingerprint density at radius 1 is 1.08 bits per heavy atom. The minimum Gasteiger partial charge on any atom is -0.397 e. The second kappa shape index (κ2) is 10.8. The monoisotopic (exact) mass is 522 g/mol. The lowest BCUT2D eigenvalue weighted by atomic mass is 9.98. The Labute approximate surface area is 218 Å². The maximum absolute atomic E-state index is 13.7. The first-order valence-electron chi connectivity index (χ1n) is 11.7. The highest BCUT2D eigenvalue weighted by Crippen LogP contribution is 2.44. The third-order valence-electron chi connectivity index (χ3n) is 6.02. The molecule has 0 spiro atoms. The molecule has 0 saturated heterocycles. The number of aryl methyl sites for hydroxylation is 4. The van der Waals surface area contributed by atoms with Crippen molar-refractivity contribution in [2.24, 2.45) is 0 Å². The number of benzene rings is 1. The van der Waals surface area contributed by atoms with Crippen LogP contribution in [0, 0.1) is 27.7 Å². The number of hydrogen-bond donors (Lipinski definition) is 3. The summed E-state index contributed by atoms with van der Waals surface area (Å²) in [5.74, 6) is -0.507. The standard InChI is InChI=1S/C27H30N4O3S2/c1-14-7-8-18(16(3)13-14)31-25(32)19-17(4)30-27-21(20(19)23-15(2)9-12-35-23)22(28)24(36-27)26(33)29-10-6-11-34-5/h7-9,12-13H,6,10-11,28H2,1-5H3,(H,29,33)(H,31,32). The second-order valence-corrected chi connectivity index (χ2v) is 10.7. The van der Waals surface area contributed by atoms with E-state index >= 15 is 0 Å². The number of nitrogen functional groups attached to an aromatic ring is 1. The number of rotatable bonds is 8. The average Bonchev–Trinajstić information content (AvgIpc) is 3.40. The van der Waals surface area contributed by atoms with E-state index in [0.717, 1.165) is 32.8 Å². The fraction of sp³-hybridized carbons (Fsp3) is 0.296. The summed E-state index contributed by atoms with van der Waals surface area (Å²) in [6.45, 7) is 8.85. The summed E-state index contributed by atoms with van der Waals surface area (Å²) in [5.41, 5.74) is 12.6. The molecule has 0 unspecified atom stereocenters. The minimum atomic E-state index is -0.257. The van der Waals surface area contributed by atoms with Crippen LogP contribution in [-0.2, 0) is 4.74 Å². The van der Waals surface area contributed by atoms with Gasteiger partial charge in [-0.15, -0.1) is 22.7 Å². The van der Waals surface area contributed by atoms with Crippen molar-refractivity contribution in [3.8, 4) is 10.4 Å². The van der Waals surface area contributed by atoms with E-state index in [-0.39, 0.29) is 11.8 Å². The molecule has 4 aromatic rings. The van der Waals surface area contributed by atoms with Crippen LogP contribution >= 0.6 is 22.7 Å². The van der Waals surface area contributed by atoms with Gasteiger partial charge in [0.15, 0.2) is 0 Å². The number of thiophene rings is 2. The summed E-state index contributed by atoms with van der Waals surface area (Å²) >= 11 is 2.79. The van der Waals surface area contributed by atoms with Gasteiger partial charge in [0.1, 0.15) is 9.71 Å². The van der Waals surface area contributed by atoms with Gasteiger partial charge < -0.3 is 21.1 Å². The normalized spacial score (nSPS) is 11.1. The van der Waals surface area contributed by atoms with Gasteiger partial charge in [-0.25, -0.2) is 4.98 Å². The maximum atomic E-state index is 13.7. The summed E-state index contributed by atoms with van der Waals surface area (Å²) in [6, 6.07) is 7.92. The van der Waals surface area contributed by atoms with E-state index in [1.165, 1.54) is 11.3 Å². The highest BCUT2D eigenvalue weighted by atomic mass is 32.1. The summed E-state index contributed by atoms with van der Waals surface area (Å²) in [7, 11) is 1.63. The van der Waals surface area contributed by atoms with E-state index in [1.807, 2.05) is 57.3 Å². The van der Waals surface area contributed by atoms with Crippen molar-refractivity contribution in [1.82, 2.24) is 10.3 Å². The van der Waals surface area contributed by atoms with Crippen molar-refractivity contribution in [2.45, 2.75) is 34.1 Å². The topological polar surface area (TPSA) is 106 Å². The lowest BCUT2D eigenvalue weighted by Crippen LogP contribution is -2.25. The Morgan fingerprint density at radius 2 is 1.86 bits per heavy atom. The van der Waals surface area contributed by atoms with Crippen molar-refractivity contribution in [1.29, 1.82) is 0 Å². The molecule has 4 rings (SSSR count). The molecule has 0 fully saturated rings. The zero-order valence-corrected chi connectivity index (χ0v) is 22.7. The van der Waals surface area contributed by atoms with E-state index in [9.17, 15) is 9.59 Å². The maximum Gasteiger partial charge on any atom is 0.263 e. The Hall–Kier alpha value is -3.27. The van der Waals surface area contributed by atoms with Crippen LogP contribution in [0.1, 0.15) is 48.8 Å². The van der Waals surface area contributed by atoms with Crippen molar-refractivity contribution in [3.63, 3.8) is 0 Å². The Morgan fingerprint density at radius 3 is 2.53 bits per heavy atom. The highest BCUT2D eigenvalue weighted by molar-refractivity contribution is 7.21. The second-order valence-electron chi connectivity index (χ2n) is 8.78. The molecule has 0 bridgehead atoms. The number of anilines is 2. The first-order chi connectivity index (χ1) is 17.2. The molecular formula is C27H30N4O3S2. The molecule has 4 N–H and O–H groups in total. The van der Waals surface area contributed by atoms with Gasteiger partial charge in [-0.3, -0.25) is 9.59 Å². The average molecular weight is 523 g/mol. The number of carbonyl (C=O) groups excluding carboxylic acids is 2. The Bertz CT molecular complexity index is 1460. The predicted molar refractivity (Wildman–Crippen MR) is 150 cm³/mol. The van der Waals surface area contributed by atoms with E-state index in [2.05, 4.69) is 10.6 Å². The van der Waals surface area contributed by atoms with Crippen molar-refractivity contribution in [2.75, 3.05) is 31.3 Å². The molecule has 188 valence electrons. The van der Waals surface area contributed by atoms with Gasteiger partial charge in [0.05, 0.1) is 16.9 Å². The lowest BCUT2D eigenvalue weighted by Gasteiger charge is -2.15. The van der Waals surface area contributed by atoms with Gasteiger partial charge in [0.25, 0.3) is 11.8 Å². The summed E-state index contributed by atoms with van der Waals surface area (Å²) in [4.78, 5) is 33.4. The van der Waals surface area contributed by atoms with Crippen LogP contribution in [0.15, 0.2) is 29.6 Å². The SMILES string of the molecule is COCCCNC(=O)c1sc2nc(C)c(C(=O)Nc3ccc(C)cc3C)c(-c3sccc3C)c2c1N. The number of hydrogen-bond acceptors (Lipinski definition) is 7. The Kier molecular flexibility index (Phi) is 7.73. The third-order valence-corrected chi connectivity index (χ3v) is 8.15. The Balaban J connectivity index is 1.85. The van der Waals surface area contributed by atoms with Crippen molar-refractivity contribution >= 4 is 56.1 Å². The van der Waals surface area contributed by atoms with Crippen LogP contribution in [0.3, 0.4) is 0 Å². The zero-order valence-electron chi connectivity index (χ0n) is 21.1. The summed E-state index contributed by atoms with van der Waals surface area (Å²) in [6.07, 6.45) is 0.701. The number of nitrogens with two attached hydrogens (primary N) is 1. The van der Waals surface area contributed by atoms with Crippen molar-refractivity contribution in [3.05, 3.63) is 62.5 Å². The summed E-state index contributed by atoms with van der Waals surface area (Å²) in [5, 5.41) is 8.60. The number of carbonyl (C=O) groups is 2. The van der Waals surface area contributed by atoms with Gasteiger partial charge in [-0.1, -0.05) is 17.7 Å². The number of ether oxygens (including phenoxy) is 1. The van der Waals surface area contributed by atoms with Crippen LogP contribution in [0.2, 0.25) is 0 Å². The number of aromatic nitrogens is 1. The minimum absolute atomic E-state index is 0.251. The number of nitrogens with one attached hydrogen (secondary N) is 2. The zero-order chi connectivity index (χ0) is 26.0. The van der Waals surface area contributed by atoms with Crippen LogP contribution in [0.5, 0.6) is 0 Å². The molecule has 9 heteroatoms. The molecule has 1 aromatic carbocycles. The van der Waals surface area contributed by atoms with Gasteiger partial charge in [-0.05, 0) is 62.8 Å². The van der Waals surface area contributed by atoms with Gasteiger partial charge in [0, 0.05) is 41.8 Å². The molecule has 0 aliphatic rings. The van der Waals surface area contributed by atoms with Gasteiger partial charge in [-0.2, -0.15) is 0 Å². The van der Waals surface area contributed by atoms with Crippen LogP contribution in [0.25, 0.3) is 20.7 Å². The molecule has 7 nitrogen and oxygen atoms in total. The third kappa shape index (κ3) is 5.00. The molecule has 2 amide bonds. The van der Waals surface area contributed by atoms with E-state index in [4.69, 9.17) is 15.5 Å². The van der Waals surface area contributed by atoms with Gasteiger partial charge in [0.2, 0.25) is 0 Å². The summed E-state index contributed by atoms with van der Waals surface area (Å²) < 4.78 is 5.05. The van der Waals surface area contributed by atoms with E-state index in [1.54, 1.807) is 18.4 Å². The molecule has 0 atom stereocenters. The lowest BCUT2D eigenvalue weighted by molar-refractivity contribution is 0.0952. The molecule has 3 aromatic heterocycles. The highest BCUT2D eigenvalue weighted by Gasteiger charge is 2.28. The fourth-order valence-electron chi connectivity index (χ4n) is 4.21. The number of amides is 2. The first-order valence-corrected chi connectivity index (χ1v) is 13.3. The molecule has 36 heavy (non-hydrogen) atoms. The van der Waals surface area contributed by atoms with Crippen molar-refractivity contribution < 1.29 is 14.3 Å². The molecule has 0 saturated carbocycles. The van der Waals surface area contributed by atoms with Crippen LogP contribution in [-0.4, -0.2) is 37.1 Å². The molecular weight excluding hydrogens is 492 g/mol. The smallest absolute Gasteiger partial charge is 0.263 e. The quantitative estimate of drug-likeness (QED) is 0.251. The molecule has 0 aliphatic heterocycles. The number of fused-ring (bicyclic) bond motifs is 1. The van der Waals surface area contributed by atoms with Crippen LogP contribution in [0.4, 0.5) is 11.4 Å². The number of nitrogens with zero attached hydrogens (tertiary/aromatic N) is 1. The molecule has 3 heterocycles.